The maximum Gasteiger partial charge on any atom is 0.255 e. The van der Waals surface area contributed by atoms with Crippen molar-refractivity contribution in [2.45, 2.75) is 17.9 Å². The molecular formula is C23H23N3O4S. The van der Waals surface area contributed by atoms with Crippen LogP contribution in [0.25, 0.3) is 0 Å². The Kier molecular flexibility index (Phi) is 6.84. The summed E-state index contributed by atoms with van der Waals surface area (Å²) in [5.41, 5.74) is 1.74. The summed E-state index contributed by atoms with van der Waals surface area (Å²) in [6.45, 7) is 1.88. The monoisotopic (exact) mass is 437 g/mol. The molecule has 0 bridgehead atoms. The first-order valence-corrected chi connectivity index (χ1v) is 11.1. The normalized spacial score (nSPS) is 12.1. The van der Waals surface area contributed by atoms with Gasteiger partial charge in [-0.3, -0.25) is 9.59 Å². The fraction of sp³-hybridized carbons (Fsp3) is 0.130. The summed E-state index contributed by atoms with van der Waals surface area (Å²) >= 11 is 0. The third kappa shape index (κ3) is 5.36. The van der Waals surface area contributed by atoms with Gasteiger partial charge in [0.15, 0.2) is 0 Å². The minimum atomic E-state index is -3.68. The molecule has 0 heterocycles. The van der Waals surface area contributed by atoms with Crippen molar-refractivity contribution >= 4 is 27.5 Å². The highest BCUT2D eigenvalue weighted by molar-refractivity contribution is 7.89. The molecule has 0 aliphatic heterocycles. The number of para-hydroxylation sites is 1. The Bertz CT molecular complexity index is 1190. The summed E-state index contributed by atoms with van der Waals surface area (Å²) < 4.78 is 26.2. The first-order chi connectivity index (χ1) is 14.8. The highest BCUT2D eigenvalue weighted by Crippen LogP contribution is 2.19. The Morgan fingerprint density at radius 2 is 1.52 bits per heavy atom. The quantitative estimate of drug-likeness (QED) is 0.527. The van der Waals surface area contributed by atoms with Crippen LogP contribution in [0, 0.1) is 0 Å². The molecule has 3 aromatic rings. The largest absolute Gasteiger partial charge is 0.345 e. The fourth-order valence-electron chi connectivity index (χ4n) is 3.01. The third-order valence-electron chi connectivity index (χ3n) is 4.74. The minimum Gasteiger partial charge on any atom is -0.345 e. The van der Waals surface area contributed by atoms with Gasteiger partial charge in [0.25, 0.3) is 11.8 Å². The van der Waals surface area contributed by atoms with Crippen LogP contribution in [0.3, 0.4) is 0 Å². The number of benzene rings is 3. The van der Waals surface area contributed by atoms with Gasteiger partial charge in [-0.2, -0.15) is 0 Å². The van der Waals surface area contributed by atoms with Gasteiger partial charge in [-0.1, -0.05) is 48.5 Å². The van der Waals surface area contributed by atoms with E-state index in [1.54, 1.807) is 24.3 Å². The van der Waals surface area contributed by atoms with Crippen LogP contribution in [0.1, 0.15) is 39.2 Å². The first kappa shape index (κ1) is 22.2. The average molecular weight is 438 g/mol. The molecule has 3 N–H and O–H groups in total. The van der Waals surface area contributed by atoms with E-state index in [1.807, 2.05) is 37.3 Å². The van der Waals surface area contributed by atoms with Crippen molar-refractivity contribution in [3.8, 4) is 0 Å². The van der Waals surface area contributed by atoms with E-state index in [0.29, 0.717) is 11.3 Å². The number of rotatable bonds is 7. The minimum absolute atomic E-state index is 0.0228. The number of anilines is 1. The molecule has 3 aromatic carbocycles. The summed E-state index contributed by atoms with van der Waals surface area (Å²) in [5, 5.41) is 5.63. The van der Waals surface area contributed by atoms with Crippen LogP contribution in [-0.4, -0.2) is 27.3 Å². The summed E-state index contributed by atoms with van der Waals surface area (Å²) in [6, 6.07) is 21.6. The fourth-order valence-corrected chi connectivity index (χ4v) is 3.78. The molecule has 1 unspecified atom stereocenters. The molecule has 0 fully saturated rings. The van der Waals surface area contributed by atoms with Gasteiger partial charge in [0.2, 0.25) is 10.0 Å². The molecule has 0 spiro atoms. The van der Waals surface area contributed by atoms with Crippen LogP contribution in [0.5, 0.6) is 0 Å². The van der Waals surface area contributed by atoms with Gasteiger partial charge in [-0.15, -0.1) is 0 Å². The molecule has 160 valence electrons. The van der Waals surface area contributed by atoms with Crippen molar-refractivity contribution in [1.82, 2.24) is 10.0 Å². The topological polar surface area (TPSA) is 104 Å². The van der Waals surface area contributed by atoms with Crippen molar-refractivity contribution in [1.29, 1.82) is 0 Å². The highest BCUT2D eigenvalue weighted by Gasteiger charge is 2.18. The second kappa shape index (κ2) is 9.55. The second-order valence-corrected chi connectivity index (χ2v) is 8.73. The number of nitrogens with one attached hydrogen (secondary N) is 3. The Morgan fingerprint density at radius 3 is 2.23 bits per heavy atom. The maximum absolute atomic E-state index is 12.8. The number of amides is 2. The van der Waals surface area contributed by atoms with Crippen molar-refractivity contribution in [2.24, 2.45) is 0 Å². The van der Waals surface area contributed by atoms with Crippen molar-refractivity contribution in [3.05, 3.63) is 95.6 Å². The van der Waals surface area contributed by atoms with E-state index in [9.17, 15) is 18.0 Å². The van der Waals surface area contributed by atoms with Crippen LogP contribution < -0.4 is 15.4 Å². The van der Waals surface area contributed by atoms with E-state index in [2.05, 4.69) is 15.4 Å². The number of hydrogen-bond acceptors (Lipinski definition) is 4. The molecule has 7 nitrogen and oxygen atoms in total. The summed E-state index contributed by atoms with van der Waals surface area (Å²) in [7, 11) is -2.38. The van der Waals surface area contributed by atoms with Crippen LogP contribution >= 0.6 is 0 Å². The lowest BCUT2D eigenvalue weighted by Crippen LogP contribution is -2.28. The molecule has 0 aliphatic rings. The van der Waals surface area contributed by atoms with E-state index in [1.165, 1.54) is 31.3 Å². The molecular weight excluding hydrogens is 414 g/mol. The first-order valence-electron chi connectivity index (χ1n) is 9.61. The lowest BCUT2D eigenvalue weighted by molar-refractivity contribution is 0.0940. The third-order valence-corrected chi connectivity index (χ3v) is 6.15. The van der Waals surface area contributed by atoms with E-state index >= 15 is 0 Å². The number of carbonyl (C=O) groups is 2. The van der Waals surface area contributed by atoms with Crippen LogP contribution in [-0.2, 0) is 10.0 Å². The Hall–Kier alpha value is -3.49. The van der Waals surface area contributed by atoms with E-state index < -0.39 is 15.9 Å². The van der Waals surface area contributed by atoms with Crippen LogP contribution in [0.15, 0.2) is 83.8 Å². The van der Waals surface area contributed by atoms with Gasteiger partial charge in [0.05, 0.1) is 22.2 Å². The van der Waals surface area contributed by atoms with Gasteiger partial charge >= 0.3 is 0 Å². The van der Waals surface area contributed by atoms with Gasteiger partial charge in [0.1, 0.15) is 0 Å². The van der Waals surface area contributed by atoms with Gasteiger partial charge < -0.3 is 10.6 Å². The molecule has 3 rings (SSSR count). The summed E-state index contributed by atoms with van der Waals surface area (Å²) in [5.74, 6) is -0.858. The van der Waals surface area contributed by atoms with E-state index in [-0.39, 0.29) is 22.4 Å². The molecule has 0 saturated carbocycles. The Morgan fingerprint density at radius 1 is 0.839 bits per heavy atom. The van der Waals surface area contributed by atoms with E-state index in [0.717, 1.165) is 5.56 Å². The molecule has 0 aromatic heterocycles. The number of carbonyl (C=O) groups excluding carboxylic acids is 2. The van der Waals surface area contributed by atoms with E-state index in [4.69, 9.17) is 0 Å². The zero-order valence-electron chi connectivity index (χ0n) is 17.1. The number of hydrogen-bond donors (Lipinski definition) is 3. The maximum atomic E-state index is 12.8. The van der Waals surface area contributed by atoms with Gasteiger partial charge in [-0.05, 0) is 49.9 Å². The zero-order chi connectivity index (χ0) is 22.4. The highest BCUT2D eigenvalue weighted by atomic mass is 32.2. The molecule has 1 atom stereocenters. The van der Waals surface area contributed by atoms with Gasteiger partial charge in [0, 0.05) is 5.56 Å². The SMILES string of the molecule is CNS(=O)(=O)c1cccc(C(=O)Nc2ccccc2C(=O)NC(C)c2ccccc2)c1. The van der Waals surface area contributed by atoms with Crippen LogP contribution in [0.4, 0.5) is 5.69 Å². The second-order valence-electron chi connectivity index (χ2n) is 6.84. The smallest absolute Gasteiger partial charge is 0.255 e. The molecule has 2 amide bonds. The predicted octanol–water partition coefficient (Wildman–Crippen LogP) is 3.34. The summed E-state index contributed by atoms with van der Waals surface area (Å²) in [6.07, 6.45) is 0. The molecule has 0 saturated heterocycles. The lowest BCUT2D eigenvalue weighted by Gasteiger charge is -2.16. The molecule has 8 heteroatoms. The Balaban J connectivity index is 1.80. The lowest BCUT2D eigenvalue weighted by atomic mass is 10.1. The zero-order valence-corrected chi connectivity index (χ0v) is 17.9. The Labute approximate surface area is 181 Å². The van der Waals surface area contributed by atoms with Crippen molar-refractivity contribution in [2.75, 3.05) is 12.4 Å². The predicted molar refractivity (Wildman–Crippen MR) is 119 cm³/mol. The number of sulfonamides is 1. The molecule has 0 aliphatic carbocycles. The standard InChI is InChI=1S/C23H23N3O4S/c1-16(17-9-4-3-5-10-17)25-23(28)20-13-6-7-14-21(20)26-22(27)18-11-8-12-19(15-18)31(29,30)24-2/h3-16,24H,1-2H3,(H,25,28)(H,26,27). The average Bonchev–Trinajstić information content (AvgIpc) is 2.80. The van der Waals surface area contributed by atoms with Crippen LogP contribution in [0.2, 0.25) is 0 Å². The van der Waals surface area contributed by atoms with Crippen molar-refractivity contribution < 1.29 is 18.0 Å². The molecule has 0 radical (unpaired) electrons. The van der Waals surface area contributed by atoms with Crippen molar-refractivity contribution in [3.63, 3.8) is 0 Å². The summed E-state index contributed by atoms with van der Waals surface area (Å²) in [4.78, 5) is 25.6. The van der Waals surface area contributed by atoms with Gasteiger partial charge in [-0.25, -0.2) is 13.1 Å². The molecule has 31 heavy (non-hydrogen) atoms.